The van der Waals surface area contributed by atoms with E-state index >= 15 is 0 Å². The Morgan fingerprint density at radius 1 is 1.16 bits per heavy atom. The molecule has 0 bridgehead atoms. The van der Waals surface area contributed by atoms with E-state index in [1.54, 1.807) is 7.11 Å². The fourth-order valence-corrected chi connectivity index (χ4v) is 2.42. The second kappa shape index (κ2) is 7.51. The van der Waals surface area contributed by atoms with Crippen LogP contribution in [0.4, 0.5) is 0 Å². The fraction of sp³-hybridized carbons (Fsp3) is 0.625. The first-order valence-electron chi connectivity index (χ1n) is 7.01. The highest BCUT2D eigenvalue weighted by molar-refractivity contribution is 5.27. The van der Waals surface area contributed by atoms with Gasteiger partial charge in [-0.25, -0.2) is 0 Å². The number of nitrogens with zero attached hydrogens (tertiary/aromatic N) is 1. The molecule has 0 radical (unpaired) electrons. The van der Waals surface area contributed by atoms with Crippen molar-refractivity contribution in [3.8, 4) is 5.75 Å². The fourth-order valence-electron chi connectivity index (χ4n) is 2.42. The molecule has 0 saturated carbocycles. The minimum absolute atomic E-state index is 0.0290. The van der Waals surface area contributed by atoms with Gasteiger partial charge in [-0.3, -0.25) is 0 Å². The highest BCUT2D eigenvalue weighted by Gasteiger charge is 2.26. The minimum atomic E-state index is 0.0290. The molecule has 1 N–H and O–H groups in total. The second-order valence-corrected chi connectivity index (χ2v) is 5.39. The summed E-state index contributed by atoms with van der Waals surface area (Å²) in [6.45, 7) is 6.38. The van der Waals surface area contributed by atoms with Gasteiger partial charge in [-0.2, -0.15) is 0 Å². The summed E-state index contributed by atoms with van der Waals surface area (Å²) in [5.74, 6) is 0.887. The Balaban J connectivity index is 2.60. The van der Waals surface area contributed by atoms with Crippen LogP contribution in [0, 0.1) is 5.41 Å². The molecule has 1 rings (SSSR count). The van der Waals surface area contributed by atoms with Crippen molar-refractivity contribution >= 4 is 0 Å². The summed E-state index contributed by atoms with van der Waals surface area (Å²) in [7, 11) is 3.79. The Morgan fingerprint density at radius 3 is 2.16 bits per heavy atom. The Hall–Kier alpha value is -1.06. The number of hydrogen-bond donors (Lipinski definition) is 1. The van der Waals surface area contributed by atoms with Gasteiger partial charge in [-0.05, 0) is 37.6 Å². The van der Waals surface area contributed by atoms with Gasteiger partial charge < -0.3 is 14.7 Å². The summed E-state index contributed by atoms with van der Waals surface area (Å²) in [6.07, 6.45) is 2.01. The Morgan fingerprint density at radius 2 is 1.74 bits per heavy atom. The van der Waals surface area contributed by atoms with Crippen molar-refractivity contribution in [1.29, 1.82) is 0 Å². The lowest BCUT2D eigenvalue weighted by atomic mass is 9.83. The molecule has 0 heterocycles. The third-order valence-electron chi connectivity index (χ3n) is 4.05. The standard InChI is InChI=1S/C16H27NO2/c1-5-16(6-2,13-18)12-17(3)11-14-7-9-15(19-4)10-8-14/h7-10,18H,5-6,11-13H2,1-4H3. The van der Waals surface area contributed by atoms with Crippen LogP contribution in [0.15, 0.2) is 24.3 Å². The first-order chi connectivity index (χ1) is 9.09. The molecule has 0 aliphatic rings. The van der Waals surface area contributed by atoms with E-state index in [0.29, 0.717) is 0 Å². The van der Waals surface area contributed by atoms with Gasteiger partial charge in [0.1, 0.15) is 5.75 Å². The Labute approximate surface area is 117 Å². The largest absolute Gasteiger partial charge is 0.497 e. The van der Waals surface area contributed by atoms with Crippen molar-refractivity contribution < 1.29 is 9.84 Å². The van der Waals surface area contributed by atoms with E-state index in [-0.39, 0.29) is 12.0 Å². The number of aliphatic hydroxyl groups is 1. The number of hydrogen-bond acceptors (Lipinski definition) is 3. The van der Waals surface area contributed by atoms with Crippen LogP contribution >= 0.6 is 0 Å². The van der Waals surface area contributed by atoms with Crippen molar-refractivity contribution in [3.05, 3.63) is 29.8 Å². The maximum Gasteiger partial charge on any atom is 0.118 e. The normalized spacial score (nSPS) is 11.9. The molecule has 108 valence electrons. The molecule has 0 aliphatic carbocycles. The monoisotopic (exact) mass is 265 g/mol. The molecule has 0 aromatic heterocycles. The molecule has 0 unspecified atom stereocenters. The number of benzene rings is 1. The molecule has 1 aromatic carbocycles. The SMILES string of the molecule is CCC(CC)(CO)CN(C)Cc1ccc(OC)cc1. The van der Waals surface area contributed by atoms with E-state index in [1.165, 1.54) is 5.56 Å². The summed E-state index contributed by atoms with van der Waals surface area (Å²) in [5.41, 5.74) is 1.30. The summed E-state index contributed by atoms with van der Waals surface area (Å²) in [6, 6.07) is 8.16. The van der Waals surface area contributed by atoms with Crippen molar-refractivity contribution in [1.82, 2.24) is 4.90 Å². The molecule has 0 amide bonds. The number of methoxy groups -OCH3 is 1. The van der Waals surface area contributed by atoms with Gasteiger partial charge in [0, 0.05) is 25.1 Å². The summed E-state index contributed by atoms with van der Waals surface area (Å²) in [5, 5.41) is 9.62. The molecule has 3 heteroatoms. The Kier molecular flexibility index (Phi) is 6.32. The average Bonchev–Trinajstić information content (AvgIpc) is 2.46. The van der Waals surface area contributed by atoms with Crippen molar-refractivity contribution in [2.24, 2.45) is 5.41 Å². The molecular weight excluding hydrogens is 238 g/mol. The van der Waals surface area contributed by atoms with E-state index in [0.717, 1.165) is 31.7 Å². The molecule has 3 nitrogen and oxygen atoms in total. The van der Waals surface area contributed by atoms with Crippen molar-refractivity contribution in [2.75, 3.05) is 27.3 Å². The first-order valence-corrected chi connectivity index (χ1v) is 7.01. The predicted molar refractivity (Wildman–Crippen MR) is 79.4 cm³/mol. The van der Waals surface area contributed by atoms with Crippen LogP contribution < -0.4 is 4.74 Å². The van der Waals surface area contributed by atoms with Crippen LogP contribution in [-0.2, 0) is 6.54 Å². The third-order valence-corrected chi connectivity index (χ3v) is 4.05. The van der Waals surface area contributed by atoms with Crippen LogP contribution in [0.5, 0.6) is 5.75 Å². The van der Waals surface area contributed by atoms with E-state index in [1.807, 2.05) is 12.1 Å². The van der Waals surface area contributed by atoms with E-state index in [9.17, 15) is 5.11 Å². The predicted octanol–water partition coefficient (Wildman–Crippen LogP) is 2.93. The highest BCUT2D eigenvalue weighted by Crippen LogP contribution is 2.27. The van der Waals surface area contributed by atoms with Crippen LogP contribution in [0.2, 0.25) is 0 Å². The summed E-state index contributed by atoms with van der Waals surface area (Å²) >= 11 is 0. The van der Waals surface area contributed by atoms with Gasteiger partial charge in [0.2, 0.25) is 0 Å². The van der Waals surface area contributed by atoms with E-state index in [2.05, 4.69) is 37.9 Å². The van der Waals surface area contributed by atoms with Gasteiger partial charge >= 0.3 is 0 Å². The zero-order valence-corrected chi connectivity index (χ0v) is 12.6. The quantitative estimate of drug-likeness (QED) is 0.784. The lowest BCUT2D eigenvalue weighted by molar-refractivity contribution is 0.0731. The average molecular weight is 265 g/mol. The minimum Gasteiger partial charge on any atom is -0.497 e. The first kappa shape index (κ1) is 16.0. The van der Waals surface area contributed by atoms with E-state index in [4.69, 9.17) is 4.74 Å². The van der Waals surface area contributed by atoms with Crippen molar-refractivity contribution in [2.45, 2.75) is 33.2 Å². The van der Waals surface area contributed by atoms with Gasteiger partial charge in [-0.1, -0.05) is 26.0 Å². The number of aliphatic hydroxyl groups excluding tert-OH is 1. The maximum absolute atomic E-state index is 9.62. The van der Waals surface area contributed by atoms with Gasteiger partial charge in [-0.15, -0.1) is 0 Å². The van der Waals surface area contributed by atoms with Crippen molar-refractivity contribution in [3.63, 3.8) is 0 Å². The molecule has 19 heavy (non-hydrogen) atoms. The zero-order valence-electron chi connectivity index (χ0n) is 12.6. The topological polar surface area (TPSA) is 32.7 Å². The summed E-state index contributed by atoms with van der Waals surface area (Å²) in [4.78, 5) is 2.28. The van der Waals surface area contributed by atoms with Gasteiger partial charge in [0.05, 0.1) is 7.11 Å². The number of rotatable bonds is 8. The van der Waals surface area contributed by atoms with E-state index < -0.39 is 0 Å². The lowest BCUT2D eigenvalue weighted by Crippen LogP contribution is -2.37. The molecule has 0 spiro atoms. The van der Waals surface area contributed by atoms with Crippen LogP contribution in [0.3, 0.4) is 0 Å². The molecular formula is C16H27NO2. The molecule has 0 fully saturated rings. The van der Waals surface area contributed by atoms with Crippen LogP contribution in [0.25, 0.3) is 0 Å². The smallest absolute Gasteiger partial charge is 0.118 e. The third kappa shape index (κ3) is 4.51. The maximum atomic E-state index is 9.62. The van der Waals surface area contributed by atoms with Crippen LogP contribution in [-0.4, -0.2) is 37.3 Å². The second-order valence-electron chi connectivity index (χ2n) is 5.39. The van der Waals surface area contributed by atoms with Gasteiger partial charge in [0.15, 0.2) is 0 Å². The lowest BCUT2D eigenvalue weighted by Gasteiger charge is -2.34. The zero-order chi connectivity index (χ0) is 14.3. The number of ether oxygens (including phenoxy) is 1. The summed E-state index contributed by atoms with van der Waals surface area (Å²) < 4.78 is 5.16. The molecule has 0 saturated heterocycles. The molecule has 0 atom stereocenters. The Bertz CT molecular complexity index is 349. The molecule has 1 aromatic rings. The molecule has 0 aliphatic heterocycles. The van der Waals surface area contributed by atoms with Crippen LogP contribution in [0.1, 0.15) is 32.3 Å². The highest BCUT2D eigenvalue weighted by atomic mass is 16.5. The van der Waals surface area contributed by atoms with Gasteiger partial charge in [0.25, 0.3) is 0 Å².